The number of aryl methyl sites for hydroxylation is 1. The van der Waals surface area contributed by atoms with Gasteiger partial charge in [-0.2, -0.15) is 0 Å². The van der Waals surface area contributed by atoms with Gasteiger partial charge in [-0.1, -0.05) is 6.08 Å². The van der Waals surface area contributed by atoms with Crippen LogP contribution in [0, 0.1) is 12.3 Å². The highest BCUT2D eigenvalue weighted by molar-refractivity contribution is 7.13. The molecule has 2 aromatic heterocycles. The first-order valence-corrected chi connectivity index (χ1v) is 10.4. The number of thiophene rings is 1. The summed E-state index contributed by atoms with van der Waals surface area (Å²) in [6.07, 6.45) is 4.31. The van der Waals surface area contributed by atoms with Crippen LogP contribution in [0.4, 0.5) is 0 Å². The van der Waals surface area contributed by atoms with Crippen LogP contribution in [0.25, 0.3) is 0 Å². The van der Waals surface area contributed by atoms with Crippen LogP contribution < -0.4 is 0 Å². The lowest BCUT2D eigenvalue weighted by Gasteiger charge is -2.27. The summed E-state index contributed by atoms with van der Waals surface area (Å²) in [5.41, 5.74) is -0.553. The zero-order valence-electron chi connectivity index (χ0n) is 14.7. The zero-order valence-corrected chi connectivity index (χ0v) is 16.3. The van der Waals surface area contributed by atoms with Crippen LogP contribution in [-0.2, 0) is 4.79 Å². The van der Waals surface area contributed by atoms with Crippen molar-refractivity contribution in [2.24, 2.45) is 5.41 Å². The quantitative estimate of drug-likeness (QED) is 0.758. The first-order valence-electron chi connectivity index (χ1n) is 8.70. The predicted octanol–water partition coefficient (Wildman–Crippen LogP) is 3.16. The molecule has 5 nitrogen and oxygen atoms in total. The number of carbonyl (C=O) groups is 2. The van der Waals surface area contributed by atoms with Crippen molar-refractivity contribution in [3.63, 3.8) is 0 Å². The maximum absolute atomic E-state index is 13.3. The number of carbonyl (C=O) groups excluding carboxylic acids is 2. The fourth-order valence-electron chi connectivity index (χ4n) is 4.15. The molecular formula is C19H21N3O2S2. The molecule has 0 bridgehead atoms. The van der Waals surface area contributed by atoms with Gasteiger partial charge >= 0.3 is 0 Å². The van der Waals surface area contributed by atoms with Gasteiger partial charge in [0.05, 0.1) is 15.3 Å². The van der Waals surface area contributed by atoms with Crippen molar-refractivity contribution < 1.29 is 9.59 Å². The molecule has 136 valence electrons. The molecule has 1 spiro atoms. The van der Waals surface area contributed by atoms with Crippen molar-refractivity contribution in [3.8, 4) is 0 Å². The van der Waals surface area contributed by atoms with E-state index in [2.05, 4.69) is 11.6 Å². The van der Waals surface area contributed by atoms with Crippen molar-refractivity contribution in [1.29, 1.82) is 0 Å². The second-order valence-electron chi connectivity index (χ2n) is 6.96. The lowest BCUT2D eigenvalue weighted by atomic mass is 9.77. The van der Waals surface area contributed by atoms with Gasteiger partial charge in [0.2, 0.25) is 5.91 Å². The smallest absolute Gasteiger partial charge is 0.263 e. The molecule has 2 fully saturated rings. The summed E-state index contributed by atoms with van der Waals surface area (Å²) in [7, 11) is 0. The molecule has 7 heteroatoms. The Balaban J connectivity index is 1.67. The third-order valence-electron chi connectivity index (χ3n) is 5.42. The Hall–Kier alpha value is -1.99. The average Bonchev–Trinajstić information content (AvgIpc) is 3.39. The van der Waals surface area contributed by atoms with Crippen LogP contribution in [0.2, 0.25) is 0 Å². The maximum Gasteiger partial charge on any atom is 0.263 e. The summed E-state index contributed by atoms with van der Waals surface area (Å²) in [4.78, 5) is 36.3. The highest BCUT2D eigenvalue weighted by atomic mass is 32.1. The summed E-state index contributed by atoms with van der Waals surface area (Å²) < 4.78 is 0. The Bertz CT molecular complexity index is 845. The average molecular weight is 388 g/mol. The number of aromatic nitrogens is 1. The van der Waals surface area contributed by atoms with E-state index in [-0.39, 0.29) is 17.7 Å². The van der Waals surface area contributed by atoms with E-state index in [1.165, 1.54) is 11.3 Å². The minimum atomic E-state index is -0.553. The first-order chi connectivity index (χ1) is 12.5. The van der Waals surface area contributed by atoms with Crippen LogP contribution in [-0.4, -0.2) is 52.8 Å². The van der Waals surface area contributed by atoms with Gasteiger partial charge in [0, 0.05) is 48.6 Å². The normalized spacial score (nSPS) is 25.4. The first kappa shape index (κ1) is 17.4. The van der Waals surface area contributed by atoms with Crippen molar-refractivity contribution >= 4 is 34.5 Å². The van der Waals surface area contributed by atoms with Gasteiger partial charge in [-0.25, -0.2) is 4.98 Å². The number of nitrogens with zero attached hydrogens (tertiary/aromatic N) is 3. The van der Waals surface area contributed by atoms with Crippen molar-refractivity contribution in [2.75, 3.05) is 26.2 Å². The molecule has 0 aliphatic carbocycles. The Morgan fingerprint density at radius 1 is 1.50 bits per heavy atom. The maximum atomic E-state index is 13.3. The van der Waals surface area contributed by atoms with Crippen LogP contribution in [0.1, 0.15) is 31.9 Å². The number of thiazole rings is 1. The second kappa shape index (κ2) is 6.63. The lowest BCUT2D eigenvalue weighted by molar-refractivity contribution is -0.135. The van der Waals surface area contributed by atoms with E-state index in [1.807, 2.05) is 34.2 Å². The molecule has 4 heterocycles. The molecule has 4 rings (SSSR count). The number of likely N-dealkylation sites (tertiary alicyclic amines) is 2. The van der Waals surface area contributed by atoms with Crippen LogP contribution in [0.15, 0.2) is 36.4 Å². The van der Waals surface area contributed by atoms with Gasteiger partial charge in [-0.15, -0.1) is 29.3 Å². The summed E-state index contributed by atoms with van der Waals surface area (Å²) in [6, 6.07) is 3.85. The van der Waals surface area contributed by atoms with Gasteiger partial charge in [0.1, 0.15) is 0 Å². The van der Waals surface area contributed by atoms with E-state index in [9.17, 15) is 9.59 Å². The Morgan fingerprint density at radius 3 is 3.00 bits per heavy atom. The molecule has 2 aliphatic rings. The molecule has 0 N–H and O–H groups in total. The molecule has 2 aromatic rings. The molecule has 2 saturated heterocycles. The van der Waals surface area contributed by atoms with E-state index in [1.54, 1.807) is 23.6 Å². The van der Waals surface area contributed by atoms with Crippen molar-refractivity contribution in [3.05, 3.63) is 51.1 Å². The van der Waals surface area contributed by atoms with Crippen LogP contribution in [0.3, 0.4) is 0 Å². The molecule has 0 aromatic carbocycles. The number of rotatable bonds is 4. The largest absolute Gasteiger partial charge is 0.338 e. The summed E-state index contributed by atoms with van der Waals surface area (Å²) in [5, 5.41) is 2.90. The summed E-state index contributed by atoms with van der Waals surface area (Å²) in [6.45, 7) is 8.06. The van der Waals surface area contributed by atoms with E-state index in [0.717, 1.165) is 21.2 Å². The molecule has 2 aliphatic heterocycles. The predicted molar refractivity (Wildman–Crippen MR) is 104 cm³/mol. The minimum Gasteiger partial charge on any atom is -0.338 e. The van der Waals surface area contributed by atoms with Gasteiger partial charge in [-0.05, 0) is 25.5 Å². The topological polar surface area (TPSA) is 53.5 Å². The standard InChI is InChI=1S/C19H21N3O2S2/c1-3-8-21-9-6-19(18(21)24)12-22(11-14(19)16-20-7-10-25-16)17(23)15-5-4-13(2)26-15/h3-5,7,10,14H,1,6,8-9,11-12H2,2H3/t14-,19-/m1/s1. The molecule has 0 saturated carbocycles. The van der Waals surface area contributed by atoms with Gasteiger partial charge in [-0.3, -0.25) is 9.59 Å². The highest BCUT2D eigenvalue weighted by Crippen LogP contribution is 2.50. The van der Waals surface area contributed by atoms with Crippen LogP contribution in [0.5, 0.6) is 0 Å². The molecule has 26 heavy (non-hydrogen) atoms. The third-order valence-corrected chi connectivity index (χ3v) is 7.30. The SMILES string of the molecule is C=CCN1CC[C@]2(CN(C(=O)c3ccc(C)s3)C[C@@H]2c2nccs2)C1=O. The van der Waals surface area contributed by atoms with Crippen molar-refractivity contribution in [2.45, 2.75) is 19.3 Å². The van der Waals surface area contributed by atoms with Gasteiger partial charge in [0.15, 0.2) is 0 Å². The summed E-state index contributed by atoms with van der Waals surface area (Å²) in [5.74, 6) is 0.126. The Morgan fingerprint density at radius 2 is 2.35 bits per heavy atom. The van der Waals surface area contributed by atoms with E-state index in [0.29, 0.717) is 26.2 Å². The molecular weight excluding hydrogens is 366 g/mol. The van der Waals surface area contributed by atoms with Gasteiger partial charge in [0.25, 0.3) is 5.91 Å². The molecule has 0 radical (unpaired) electrons. The van der Waals surface area contributed by atoms with E-state index < -0.39 is 5.41 Å². The minimum absolute atomic E-state index is 0.0245. The third kappa shape index (κ3) is 2.70. The van der Waals surface area contributed by atoms with Crippen molar-refractivity contribution in [1.82, 2.24) is 14.8 Å². The van der Waals surface area contributed by atoms with E-state index in [4.69, 9.17) is 0 Å². The Kier molecular flexibility index (Phi) is 4.44. The monoisotopic (exact) mass is 387 g/mol. The lowest BCUT2D eigenvalue weighted by Crippen LogP contribution is -2.40. The number of amides is 2. The highest BCUT2D eigenvalue weighted by Gasteiger charge is 2.58. The molecule has 0 unspecified atom stereocenters. The number of hydrogen-bond donors (Lipinski definition) is 0. The van der Waals surface area contributed by atoms with Gasteiger partial charge < -0.3 is 9.80 Å². The van der Waals surface area contributed by atoms with Crippen LogP contribution >= 0.6 is 22.7 Å². The Labute approximate surface area is 161 Å². The fraction of sp³-hybridized carbons (Fsp3) is 0.421. The molecule has 2 amide bonds. The second-order valence-corrected chi connectivity index (χ2v) is 9.18. The number of hydrogen-bond acceptors (Lipinski definition) is 5. The van der Waals surface area contributed by atoms with E-state index >= 15 is 0 Å². The molecule has 2 atom stereocenters. The fourth-order valence-corrected chi connectivity index (χ4v) is 5.83. The zero-order chi connectivity index (χ0) is 18.3. The summed E-state index contributed by atoms with van der Waals surface area (Å²) >= 11 is 3.08.